The summed E-state index contributed by atoms with van der Waals surface area (Å²) in [5, 5.41) is 3.92. The molecule has 0 unspecified atom stereocenters. The Hall–Kier alpha value is -3.33. The zero-order valence-corrected chi connectivity index (χ0v) is 13.7. The number of carbonyl (C=O) groups excluding carboxylic acids is 1. The summed E-state index contributed by atoms with van der Waals surface area (Å²) in [6, 6.07) is 24.8. The smallest absolute Gasteiger partial charge is 0.343 e. The fraction of sp³-hybridized carbons (Fsp3) is 0.0455. The van der Waals surface area contributed by atoms with Gasteiger partial charge in [0.25, 0.3) is 0 Å². The molecule has 0 aromatic heterocycles. The van der Waals surface area contributed by atoms with Gasteiger partial charge in [0.15, 0.2) is 0 Å². The van der Waals surface area contributed by atoms with Gasteiger partial charge in [-0.2, -0.15) is 0 Å². The third-order valence-electron chi connectivity index (χ3n) is 4.24. The highest BCUT2D eigenvalue weighted by atomic mass is 16.5. The highest BCUT2D eigenvalue weighted by Gasteiger charge is 2.14. The maximum atomic E-state index is 12.6. The molecule has 122 valence electrons. The molecule has 0 atom stereocenters. The molecule has 0 bridgehead atoms. The lowest BCUT2D eigenvalue weighted by Gasteiger charge is -2.12. The van der Waals surface area contributed by atoms with Crippen molar-refractivity contribution in [2.45, 2.75) is 0 Å². The van der Waals surface area contributed by atoms with E-state index in [1.165, 1.54) is 0 Å². The topological polar surface area (TPSA) is 35.5 Å². The second-order valence-corrected chi connectivity index (χ2v) is 5.77. The molecule has 0 N–H and O–H groups in total. The van der Waals surface area contributed by atoms with Crippen LogP contribution < -0.4 is 9.47 Å². The first-order chi connectivity index (χ1) is 12.3. The van der Waals surface area contributed by atoms with Crippen molar-refractivity contribution >= 4 is 27.5 Å². The molecule has 0 aliphatic heterocycles. The first-order valence-electron chi connectivity index (χ1n) is 8.03. The fourth-order valence-corrected chi connectivity index (χ4v) is 2.96. The third-order valence-corrected chi connectivity index (χ3v) is 4.24. The summed E-state index contributed by atoms with van der Waals surface area (Å²) in [5.41, 5.74) is 0.484. The number of benzene rings is 4. The van der Waals surface area contributed by atoms with Crippen LogP contribution in [0.1, 0.15) is 10.4 Å². The zero-order chi connectivity index (χ0) is 17.2. The number of rotatable bonds is 3. The maximum Gasteiger partial charge on any atom is 0.343 e. The van der Waals surface area contributed by atoms with E-state index in [2.05, 4.69) is 6.07 Å². The van der Waals surface area contributed by atoms with Crippen molar-refractivity contribution in [3.05, 3.63) is 84.4 Å². The number of methoxy groups -OCH3 is 1. The van der Waals surface area contributed by atoms with Crippen LogP contribution in [0.5, 0.6) is 11.5 Å². The van der Waals surface area contributed by atoms with E-state index in [0.29, 0.717) is 17.1 Å². The van der Waals surface area contributed by atoms with E-state index in [1.54, 1.807) is 31.4 Å². The summed E-state index contributed by atoms with van der Waals surface area (Å²) in [4.78, 5) is 12.6. The molecule has 3 heteroatoms. The summed E-state index contributed by atoms with van der Waals surface area (Å²) < 4.78 is 11.0. The molecular weight excluding hydrogens is 312 g/mol. The highest BCUT2D eigenvalue weighted by Crippen LogP contribution is 2.35. The second kappa shape index (κ2) is 6.29. The van der Waals surface area contributed by atoms with Gasteiger partial charge >= 0.3 is 5.97 Å². The van der Waals surface area contributed by atoms with E-state index in [1.807, 2.05) is 48.5 Å². The van der Waals surface area contributed by atoms with Gasteiger partial charge in [-0.25, -0.2) is 4.79 Å². The van der Waals surface area contributed by atoms with Crippen LogP contribution in [-0.2, 0) is 0 Å². The van der Waals surface area contributed by atoms with Gasteiger partial charge in [-0.15, -0.1) is 0 Å². The van der Waals surface area contributed by atoms with Gasteiger partial charge in [-0.3, -0.25) is 0 Å². The van der Waals surface area contributed by atoms with Crippen LogP contribution in [0.2, 0.25) is 0 Å². The fourth-order valence-electron chi connectivity index (χ4n) is 2.96. The predicted molar refractivity (Wildman–Crippen MR) is 99.4 cm³/mol. The maximum absolute atomic E-state index is 12.6. The number of hydrogen-bond donors (Lipinski definition) is 0. The van der Waals surface area contributed by atoms with Crippen molar-refractivity contribution in [1.82, 2.24) is 0 Å². The van der Waals surface area contributed by atoms with E-state index >= 15 is 0 Å². The van der Waals surface area contributed by atoms with E-state index in [0.717, 1.165) is 21.5 Å². The normalized spacial score (nSPS) is 10.8. The van der Waals surface area contributed by atoms with Gasteiger partial charge in [0.05, 0.1) is 12.7 Å². The van der Waals surface area contributed by atoms with Crippen LogP contribution in [0.25, 0.3) is 21.5 Å². The molecule has 0 fully saturated rings. The van der Waals surface area contributed by atoms with Gasteiger partial charge < -0.3 is 9.47 Å². The van der Waals surface area contributed by atoms with Crippen molar-refractivity contribution in [3.8, 4) is 11.5 Å². The monoisotopic (exact) mass is 328 g/mol. The lowest BCUT2D eigenvalue weighted by atomic mass is 10.0. The molecule has 0 aliphatic rings. The summed E-state index contributed by atoms with van der Waals surface area (Å²) in [6.07, 6.45) is 0. The van der Waals surface area contributed by atoms with Gasteiger partial charge in [-0.05, 0) is 41.1 Å². The Morgan fingerprint density at radius 3 is 1.88 bits per heavy atom. The van der Waals surface area contributed by atoms with Gasteiger partial charge in [0.1, 0.15) is 11.5 Å². The van der Waals surface area contributed by atoms with Gasteiger partial charge in [0, 0.05) is 10.8 Å². The average molecular weight is 328 g/mol. The Balaban J connectivity index is 1.82. The second-order valence-electron chi connectivity index (χ2n) is 5.77. The minimum absolute atomic E-state index is 0.385. The number of hydrogen-bond acceptors (Lipinski definition) is 3. The summed E-state index contributed by atoms with van der Waals surface area (Å²) in [7, 11) is 1.59. The van der Waals surface area contributed by atoms with Crippen LogP contribution in [0.3, 0.4) is 0 Å². The molecular formula is C22H16O3. The first-order valence-corrected chi connectivity index (χ1v) is 8.03. The van der Waals surface area contributed by atoms with Crippen molar-refractivity contribution in [3.63, 3.8) is 0 Å². The standard InChI is InChI=1S/C22H16O3/c1-24-18-12-10-15(11-13-18)22(23)25-21-19-8-4-2-6-16(19)14-17-7-3-5-9-20(17)21/h2-14H,1H3. The summed E-state index contributed by atoms with van der Waals surface area (Å²) in [5.74, 6) is 0.908. The van der Waals surface area contributed by atoms with Crippen LogP contribution >= 0.6 is 0 Å². The molecule has 4 aromatic rings. The minimum atomic E-state index is -0.385. The zero-order valence-electron chi connectivity index (χ0n) is 13.7. The molecule has 0 saturated heterocycles. The van der Waals surface area contributed by atoms with Crippen molar-refractivity contribution in [1.29, 1.82) is 0 Å². The molecule has 0 saturated carbocycles. The minimum Gasteiger partial charge on any atom is -0.497 e. The van der Waals surface area contributed by atoms with Crippen molar-refractivity contribution in [2.24, 2.45) is 0 Å². The molecule has 0 aliphatic carbocycles. The Morgan fingerprint density at radius 1 is 0.760 bits per heavy atom. The Bertz CT molecular complexity index is 1010. The van der Waals surface area contributed by atoms with Crippen LogP contribution in [0.4, 0.5) is 0 Å². The molecule has 4 aromatic carbocycles. The molecule has 4 rings (SSSR count). The molecule has 0 amide bonds. The van der Waals surface area contributed by atoms with Crippen molar-refractivity contribution < 1.29 is 14.3 Å². The van der Waals surface area contributed by atoms with Gasteiger partial charge in [-0.1, -0.05) is 48.5 Å². The predicted octanol–water partition coefficient (Wildman–Crippen LogP) is 5.22. The largest absolute Gasteiger partial charge is 0.497 e. The number of fused-ring (bicyclic) bond motifs is 2. The van der Waals surface area contributed by atoms with Gasteiger partial charge in [0.2, 0.25) is 0 Å². The lowest BCUT2D eigenvalue weighted by molar-refractivity contribution is 0.0739. The Kier molecular flexibility index (Phi) is 3.82. The number of esters is 1. The number of carbonyl (C=O) groups is 1. The van der Waals surface area contributed by atoms with Crippen LogP contribution in [0, 0.1) is 0 Å². The van der Waals surface area contributed by atoms with Crippen LogP contribution in [0.15, 0.2) is 78.9 Å². The average Bonchev–Trinajstić information content (AvgIpc) is 2.67. The van der Waals surface area contributed by atoms with E-state index in [9.17, 15) is 4.79 Å². The molecule has 3 nitrogen and oxygen atoms in total. The first kappa shape index (κ1) is 15.2. The molecule has 0 heterocycles. The van der Waals surface area contributed by atoms with E-state index in [4.69, 9.17) is 9.47 Å². The lowest BCUT2D eigenvalue weighted by Crippen LogP contribution is -2.09. The third kappa shape index (κ3) is 2.81. The SMILES string of the molecule is COc1ccc(C(=O)Oc2c3ccccc3cc3ccccc23)cc1. The molecule has 0 radical (unpaired) electrons. The Labute approximate surface area is 145 Å². The van der Waals surface area contributed by atoms with Crippen LogP contribution in [-0.4, -0.2) is 13.1 Å². The molecule has 0 spiro atoms. The van der Waals surface area contributed by atoms with E-state index in [-0.39, 0.29) is 5.97 Å². The quantitative estimate of drug-likeness (QED) is 0.294. The Morgan fingerprint density at radius 2 is 1.32 bits per heavy atom. The van der Waals surface area contributed by atoms with E-state index < -0.39 is 0 Å². The summed E-state index contributed by atoms with van der Waals surface area (Å²) >= 11 is 0. The highest BCUT2D eigenvalue weighted by molar-refractivity contribution is 6.07. The molecule has 25 heavy (non-hydrogen) atoms. The number of ether oxygens (including phenoxy) is 2. The van der Waals surface area contributed by atoms with Crippen molar-refractivity contribution in [2.75, 3.05) is 7.11 Å². The summed E-state index contributed by atoms with van der Waals surface area (Å²) in [6.45, 7) is 0.